The fourth-order valence-corrected chi connectivity index (χ4v) is 3.70. The summed E-state index contributed by atoms with van der Waals surface area (Å²) in [5.41, 5.74) is 0. The fraction of sp³-hybridized carbons (Fsp3) is 0.727. The zero-order valence-electron chi connectivity index (χ0n) is 11.6. The van der Waals surface area contributed by atoms with Crippen molar-refractivity contribution in [3.05, 3.63) is 0 Å². The molecule has 0 aromatic carbocycles. The molecule has 1 aromatic heterocycles. The van der Waals surface area contributed by atoms with E-state index in [0.717, 1.165) is 6.42 Å². The van der Waals surface area contributed by atoms with Crippen molar-refractivity contribution in [2.75, 3.05) is 35.8 Å². The predicted octanol–water partition coefficient (Wildman–Crippen LogP) is 0.301. The molecule has 0 radical (unpaired) electrons. The first-order valence-electron chi connectivity index (χ1n) is 6.53. The van der Waals surface area contributed by atoms with Crippen LogP contribution in [0.3, 0.4) is 0 Å². The number of anilines is 2. The molecule has 0 spiro atoms. The van der Waals surface area contributed by atoms with Gasteiger partial charge in [-0.3, -0.25) is 0 Å². The van der Waals surface area contributed by atoms with Crippen LogP contribution in [0.15, 0.2) is 0 Å². The van der Waals surface area contributed by atoms with Crippen molar-refractivity contribution >= 4 is 21.7 Å². The number of nitrogens with zero attached hydrogens (tertiary/aromatic N) is 3. The summed E-state index contributed by atoms with van der Waals surface area (Å²) in [6.45, 7) is 2.60. The smallest absolute Gasteiger partial charge is 0.322 e. The first-order valence-corrected chi connectivity index (χ1v) is 8.35. The minimum atomic E-state index is -2.97. The molecule has 1 atom stereocenters. The van der Waals surface area contributed by atoms with E-state index in [1.807, 2.05) is 6.92 Å². The van der Waals surface area contributed by atoms with Gasteiger partial charge in [0.05, 0.1) is 18.6 Å². The molecule has 20 heavy (non-hydrogen) atoms. The minimum Gasteiger partial charge on any atom is -0.467 e. The standard InChI is InChI=1S/C11H19N5O3S/c1-3-12-9-14-10(16-11(15-9)19-2)13-8-5-4-6-20(17,18)7-8/h8H,3-7H2,1-2H3,(H2,12,13,14,15,16). The Morgan fingerprint density at radius 2 is 2.05 bits per heavy atom. The Hall–Kier alpha value is -1.64. The molecular weight excluding hydrogens is 282 g/mol. The van der Waals surface area contributed by atoms with Crippen LogP contribution < -0.4 is 15.4 Å². The lowest BCUT2D eigenvalue weighted by atomic mass is 10.2. The zero-order valence-corrected chi connectivity index (χ0v) is 12.4. The third-order valence-corrected chi connectivity index (χ3v) is 4.75. The molecule has 9 heteroatoms. The SMILES string of the molecule is CCNc1nc(NC2CCCS(=O)(=O)C2)nc(OC)n1. The highest BCUT2D eigenvalue weighted by Gasteiger charge is 2.25. The van der Waals surface area contributed by atoms with Gasteiger partial charge in [-0.1, -0.05) is 0 Å². The van der Waals surface area contributed by atoms with Crippen molar-refractivity contribution in [2.45, 2.75) is 25.8 Å². The Bertz CT molecular complexity index is 563. The van der Waals surface area contributed by atoms with Gasteiger partial charge in [0.15, 0.2) is 9.84 Å². The van der Waals surface area contributed by atoms with Crippen LogP contribution in [0.25, 0.3) is 0 Å². The topological polar surface area (TPSA) is 106 Å². The Labute approximate surface area is 118 Å². The second-order valence-corrected chi connectivity index (χ2v) is 6.83. The van der Waals surface area contributed by atoms with Crippen molar-refractivity contribution in [1.29, 1.82) is 0 Å². The van der Waals surface area contributed by atoms with E-state index in [2.05, 4.69) is 25.6 Å². The highest BCUT2D eigenvalue weighted by molar-refractivity contribution is 7.91. The maximum Gasteiger partial charge on any atom is 0.322 e. The zero-order chi connectivity index (χ0) is 14.6. The molecule has 112 valence electrons. The third-order valence-electron chi connectivity index (χ3n) is 2.93. The van der Waals surface area contributed by atoms with Crippen molar-refractivity contribution in [1.82, 2.24) is 15.0 Å². The minimum absolute atomic E-state index is 0.109. The van der Waals surface area contributed by atoms with Gasteiger partial charge in [0.2, 0.25) is 11.9 Å². The largest absolute Gasteiger partial charge is 0.467 e. The Kier molecular flexibility index (Phi) is 4.58. The van der Waals surface area contributed by atoms with Crippen LogP contribution in [0, 0.1) is 0 Å². The maximum absolute atomic E-state index is 11.6. The number of hydrogen-bond acceptors (Lipinski definition) is 8. The first-order chi connectivity index (χ1) is 9.52. The second kappa shape index (κ2) is 6.21. The molecule has 8 nitrogen and oxygen atoms in total. The highest BCUT2D eigenvalue weighted by atomic mass is 32.2. The predicted molar refractivity (Wildman–Crippen MR) is 75.8 cm³/mol. The van der Waals surface area contributed by atoms with Crippen molar-refractivity contribution in [2.24, 2.45) is 0 Å². The van der Waals surface area contributed by atoms with E-state index in [0.29, 0.717) is 24.9 Å². The lowest BCUT2D eigenvalue weighted by molar-refractivity contribution is 0.379. The fourth-order valence-electron chi connectivity index (χ4n) is 2.07. The van der Waals surface area contributed by atoms with Crippen LogP contribution in [0.1, 0.15) is 19.8 Å². The van der Waals surface area contributed by atoms with Crippen molar-refractivity contribution in [3.8, 4) is 6.01 Å². The molecule has 0 amide bonds. The van der Waals surface area contributed by atoms with Crippen LogP contribution in [0.4, 0.5) is 11.9 Å². The van der Waals surface area contributed by atoms with Gasteiger partial charge < -0.3 is 15.4 Å². The van der Waals surface area contributed by atoms with Gasteiger partial charge in [-0.25, -0.2) is 8.42 Å². The van der Waals surface area contributed by atoms with E-state index >= 15 is 0 Å². The number of nitrogens with one attached hydrogen (secondary N) is 2. The summed E-state index contributed by atoms with van der Waals surface area (Å²) in [7, 11) is -1.50. The summed E-state index contributed by atoms with van der Waals surface area (Å²) in [5, 5.41) is 6.02. The highest BCUT2D eigenvalue weighted by Crippen LogP contribution is 2.17. The number of sulfone groups is 1. The summed E-state index contributed by atoms with van der Waals surface area (Å²) in [4.78, 5) is 12.3. The van der Waals surface area contributed by atoms with Gasteiger partial charge >= 0.3 is 6.01 Å². The van der Waals surface area contributed by atoms with Crippen molar-refractivity contribution in [3.63, 3.8) is 0 Å². The molecule has 0 aliphatic carbocycles. The number of hydrogen-bond donors (Lipinski definition) is 2. The van der Waals surface area contributed by atoms with Gasteiger partial charge in [0.1, 0.15) is 0 Å². The first kappa shape index (κ1) is 14.8. The summed E-state index contributed by atoms with van der Waals surface area (Å²) >= 11 is 0. The quantitative estimate of drug-likeness (QED) is 0.800. The summed E-state index contributed by atoms with van der Waals surface area (Å²) in [6.07, 6.45) is 1.44. The van der Waals surface area contributed by atoms with Crippen LogP contribution >= 0.6 is 0 Å². The van der Waals surface area contributed by atoms with Crippen LogP contribution in [-0.4, -0.2) is 54.6 Å². The van der Waals surface area contributed by atoms with E-state index in [-0.39, 0.29) is 23.6 Å². The molecule has 1 saturated heterocycles. The van der Waals surface area contributed by atoms with E-state index in [1.54, 1.807) is 0 Å². The van der Waals surface area contributed by atoms with Crippen LogP contribution in [0.2, 0.25) is 0 Å². The van der Waals surface area contributed by atoms with Gasteiger partial charge in [-0.15, -0.1) is 0 Å². The number of ether oxygens (including phenoxy) is 1. The monoisotopic (exact) mass is 301 g/mol. The maximum atomic E-state index is 11.6. The Morgan fingerprint density at radius 1 is 1.30 bits per heavy atom. The molecule has 1 aliphatic rings. The molecule has 1 aromatic rings. The van der Waals surface area contributed by atoms with Crippen LogP contribution in [-0.2, 0) is 9.84 Å². The number of aromatic nitrogens is 3. The van der Waals surface area contributed by atoms with Gasteiger partial charge in [0.25, 0.3) is 0 Å². The molecule has 0 bridgehead atoms. The van der Waals surface area contributed by atoms with E-state index in [9.17, 15) is 8.42 Å². The third kappa shape index (κ3) is 3.92. The van der Waals surface area contributed by atoms with E-state index in [1.165, 1.54) is 7.11 Å². The lowest BCUT2D eigenvalue weighted by Gasteiger charge is -2.23. The van der Waals surface area contributed by atoms with Crippen LogP contribution in [0.5, 0.6) is 6.01 Å². The molecule has 1 aliphatic heterocycles. The Morgan fingerprint density at radius 3 is 2.70 bits per heavy atom. The van der Waals surface area contributed by atoms with Gasteiger partial charge in [-0.05, 0) is 19.8 Å². The molecule has 0 saturated carbocycles. The normalized spacial score (nSPS) is 21.2. The van der Waals surface area contributed by atoms with E-state index in [4.69, 9.17) is 4.74 Å². The van der Waals surface area contributed by atoms with Gasteiger partial charge in [0, 0.05) is 12.6 Å². The van der Waals surface area contributed by atoms with E-state index < -0.39 is 9.84 Å². The lowest BCUT2D eigenvalue weighted by Crippen LogP contribution is -2.35. The van der Waals surface area contributed by atoms with Gasteiger partial charge in [-0.2, -0.15) is 15.0 Å². The average molecular weight is 301 g/mol. The molecule has 2 rings (SSSR count). The number of methoxy groups -OCH3 is 1. The average Bonchev–Trinajstić information content (AvgIpc) is 2.37. The second-order valence-electron chi connectivity index (χ2n) is 4.60. The Balaban J connectivity index is 2.13. The summed E-state index contributed by atoms with van der Waals surface area (Å²) in [5.74, 6) is 1.10. The number of rotatable bonds is 5. The van der Waals surface area contributed by atoms with Crippen molar-refractivity contribution < 1.29 is 13.2 Å². The molecule has 2 heterocycles. The molecule has 2 N–H and O–H groups in total. The molecule has 1 unspecified atom stereocenters. The molecular formula is C11H19N5O3S. The summed E-state index contributed by atoms with van der Waals surface area (Å²) < 4.78 is 28.2. The summed E-state index contributed by atoms with van der Waals surface area (Å²) in [6, 6.07) is 0.0208. The molecule has 1 fully saturated rings.